The molecule has 1 aliphatic rings. The summed E-state index contributed by atoms with van der Waals surface area (Å²) in [6.07, 6.45) is 2.25. The summed E-state index contributed by atoms with van der Waals surface area (Å²) < 4.78 is 0. The minimum absolute atomic E-state index is 0.165. The normalized spacial score (nSPS) is 14.0. The molecule has 134 valence electrons. The van der Waals surface area contributed by atoms with E-state index in [4.69, 9.17) is 0 Å². The molecule has 0 aliphatic carbocycles. The van der Waals surface area contributed by atoms with Crippen LogP contribution in [0.1, 0.15) is 26.4 Å². The number of amides is 3. The van der Waals surface area contributed by atoms with Gasteiger partial charge in [0.2, 0.25) is 6.41 Å². The lowest BCUT2D eigenvalue weighted by Gasteiger charge is -2.32. The average molecular weight is 352 g/mol. The van der Waals surface area contributed by atoms with E-state index in [1.807, 2.05) is 31.2 Å². The number of hydrogen-bond acceptors (Lipinski definition) is 4. The SMILES string of the molecule is Cc1ccc(NC(=O)c2cc(C(=O)N3CCN(C=O)CC3)ccn2)cc1. The number of benzene rings is 1. The molecule has 1 fully saturated rings. The molecule has 3 rings (SSSR count). The monoisotopic (exact) mass is 352 g/mol. The zero-order valence-electron chi connectivity index (χ0n) is 14.5. The third kappa shape index (κ3) is 4.05. The van der Waals surface area contributed by atoms with Crippen LogP contribution >= 0.6 is 0 Å². The first-order valence-electron chi connectivity index (χ1n) is 8.39. The molecule has 1 aliphatic heterocycles. The number of carbonyl (C=O) groups excluding carboxylic acids is 3. The maximum absolute atomic E-state index is 12.6. The standard InChI is InChI=1S/C19H20N4O3/c1-14-2-4-16(5-3-14)21-18(25)17-12-15(6-7-20-17)19(26)23-10-8-22(13-24)9-11-23/h2-7,12-13H,8-11H2,1H3,(H,21,25). The lowest BCUT2D eigenvalue weighted by Crippen LogP contribution is -2.48. The first-order chi connectivity index (χ1) is 12.6. The molecule has 0 bridgehead atoms. The maximum Gasteiger partial charge on any atom is 0.274 e. The van der Waals surface area contributed by atoms with Gasteiger partial charge in [0.15, 0.2) is 0 Å². The molecule has 26 heavy (non-hydrogen) atoms. The first-order valence-corrected chi connectivity index (χ1v) is 8.39. The van der Waals surface area contributed by atoms with Crippen LogP contribution in [0, 0.1) is 6.92 Å². The van der Waals surface area contributed by atoms with Gasteiger partial charge < -0.3 is 15.1 Å². The lowest BCUT2D eigenvalue weighted by atomic mass is 10.1. The number of carbonyl (C=O) groups is 3. The quantitative estimate of drug-likeness (QED) is 0.847. The molecule has 0 radical (unpaired) electrons. The Hall–Kier alpha value is -3.22. The molecule has 7 heteroatoms. The van der Waals surface area contributed by atoms with E-state index in [9.17, 15) is 14.4 Å². The number of pyridine rings is 1. The summed E-state index contributed by atoms with van der Waals surface area (Å²) in [6.45, 7) is 3.95. The van der Waals surface area contributed by atoms with Crippen LogP contribution in [0.2, 0.25) is 0 Å². The van der Waals surface area contributed by atoms with Crippen molar-refractivity contribution < 1.29 is 14.4 Å². The minimum atomic E-state index is -0.366. The van der Waals surface area contributed by atoms with E-state index in [0.29, 0.717) is 37.4 Å². The fourth-order valence-corrected chi connectivity index (χ4v) is 2.73. The Kier molecular flexibility index (Phi) is 5.26. The summed E-state index contributed by atoms with van der Waals surface area (Å²) >= 11 is 0. The van der Waals surface area contributed by atoms with E-state index in [2.05, 4.69) is 10.3 Å². The Morgan fingerprint density at radius 3 is 2.42 bits per heavy atom. The minimum Gasteiger partial charge on any atom is -0.342 e. The molecule has 2 heterocycles. The molecular weight excluding hydrogens is 332 g/mol. The van der Waals surface area contributed by atoms with Crippen molar-refractivity contribution in [1.82, 2.24) is 14.8 Å². The van der Waals surface area contributed by atoms with Gasteiger partial charge in [-0.1, -0.05) is 17.7 Å². The number of piperazine rings is 1. The van der Waals surface area contributed by atoms with Gasteiger partial charge >= 0.3 is 0 Å². The molecule has 1 aromatic heterocycles. The summed E-state index contributed by atoms with van der Waals surface area (Å²) in [4.78, 5) is 43.2. The predicted molar refractivity (Wildman–Crippen MR) is 96.9 cm³/mol. The second-order valence-corrected chi connectivity index (χ2v) is 6.18. The largest absolute Gasteiger partial charge is 0.342 e. The van der Waals surface area contributed by atoms with Crippen LogP contribution in [0.15, 0.2) is 42.6 Å². The average Bonchev–Trinajstić information content (AvgIpc) is 2.69. The number of anilines is 1. The smallest absolute Gasteiger partial charge is 0.274 e. The fourth-order valence-electron chi connectivity index (χ4n) is 2.73. The summed E-state index contributed by atoms with van der Waals surface area (Å²) in [7, 11) is 0. The number of nitrogens with one attached hydrogen (secondary N) is 1. The molecule has 3 amide bonds. The third-order valence-corrected chi connectivity index (χ3v) is 4.30. The van der Waals surface area contributed by atoms with E-state index in [1.54, 1.807) is 15.9 Å². The Morgan fingerprint density at radius 1 is 1.08 bits per heavy atom. The fraction of sp³-hybridized carbons (Fsp3) is 0.263. The molecule has 1 aromatic carbocycles. The number of nitrogens with zero attached hydrogens (tertiary/aromatic N) is 3. The van der Waals surface area contributed by atoms with E-state index >= 15 is 0 Å². The van der Waals surface area contributed by atoms with Gasteiger partial charge in [-0.05, 0) is 31.2 Å². The zero-order chi connectivity index (χ0) is 18.5. The molecule has 7 nitrogen and oxygen atoms in total. The van der Waals surface area contributed by atoms with Crippen molar-refractivity contribution in [3.05, 3.63) is 59.4 Å². The lowest BCUT2D eigenvalue weighted by molar-refractivity contribution is -0.119. The van der Waals surface area contributed by atoms with Crippen molar-refractivity contribution in [3.63, 3.8) is 0 Å². The highest BCUT2D eigenvalue weighted by Crippen LogP contribution is 2.12. The maximum atomic E-state index is 12.6. The molecule has 0 saturated carbocycles. The predicted octanol–water partition coefficient (Wildman–Crippen LogP) is 1.56. The topological polar surface area (TPSA) is 82.6 Å². The highest BCUT2D eigenvalue weighted by molar-refractivity contribution is 6.04. The van der Waals surface area contributed by atoms with Gasteiger partial charge in [-0.15, -0.1) is 0 Å². The molecule has 0 atom stereocenters. The van der Waals surface area contributed by atoms with E-state index in [0.717, 1.165) is 12.0 Å². The van der Waals surface area contributed by atoms with Gasteiger partial charge in [0.25, 0.3) is 11.8 Å². The second-order valence-electron chi connectivity index (χ2n) is 6.18. The molecule has 0 spiro atoms. The van der Waals surface area contributed by atoms with Crippen molar-refractivity contribution in [2.75, 3.05) is 31.5 Å². The van der Waals surface area contributed by atoms with E-state index in [1.165, 1.54) is 12.3 Å². The number of rotatable bonds is 4. The van der Waals surface area contributed by atoms with Crippen molar-refractivity contribution in [3.8, 4) is 0 Å². The van der Waals surface area contributed by atoms with Gasteiger partial charge in [0.05, 0.1) is 0 Å². The highest BCUT2D eigenvalue weighted by atomic mass is 16.2. The summed E-state index contributed by atoms with van der Waals surface area (Å²) in [6, 6.07) is 10.5. The third-order valence-electron chi connectivity index (χ3n) is 4.30. The Balaban J connectivity index is 1.69. The number of hydrogen-bond donors (Lipinski definition) is 1. The van der Waals surface area contributed by atoms with Crippen molar-refractivity contribution in [2.24, 2.45) is 0 Å². The Bertz CT molecular complexity index is 812. The number of aromatic nitrogens is 1. The highest BCUT2D eigenvalue weighted by Gasteiger charge is 2.22. The molecule has 2 aromatic rings. The number of aryl methyl sites for hydroxylation is 1. The Labute approximate surface area is 151 Å². The molecule has 0 unspecified atom stereocenters. The summed E-state index contributed by atoms with van der Waals surface area (Å²) in [5.74, 6) is -0.531. The van der Waals surface area contributed by atoms with Crippen molar-refractivity contribution in [2.45, 2.75) is 6.92 Å². The van der Waals surface area contributed by atoms with Crippen LogP contribution in [0.5, 0.6) is 0 Å². The van der Waals surface area contributed by atoms with Gasteiger partial charge in [-0.25, -0.2) is 0 Å². The second kappa shape index (κ2) is 7.77. The van der Waals surface area contributed by atoms with Gasteiger partial charge in [0.1, 0.15) is 5.69 Å². The molecular formula is C19H20N4O3. The van der Waals surface area contributed by atoms with Crippen molar-refractivity contribution >= 4 is 23.9 Å². The molecule has 1 N–H and O–H groups in total. The van der Waals surface area contributed by atoms with Gasteiger partial charge in [-0.3, -0.25) is 19.4 Å². The summed E-state index contributed by atoms with van der Waals surface area (Å²) in [5, 5.41) is 2.77. The van der Waals surface area contributed by atoms with Crippen LogP contribution in [0.4, 0.5) is 5.69 Å². The van der Waals surface area contributed by atoms with Crippen LogP contribution in [0.25, 0.3) is 0 Å². The van der Waals surface area contributed by atoms with Gasteiger partial charge in [-0.2, -0.15) is 0 Å². The van der Waals surface area contributed by atoms with Crippen molar-refractivity contribution in [1.29, 1.82) is 0 Å². The first kappa shape index (κ1) is 17.6. The van der Waals surface area contributed by atoms with Crippen LogP contribution in [-0.2, 0) is 4.79 Å². The molecule has 1 saturated heterocycles. The van der Waals surface area contributed by atoms with E-state index < -0.39 is 0 Å². The van der Waals surface area contributed by atoms with Gasteiger partial charge in [0, 0.05) is 43.6 Å². The van der Waals surface area contributed by atoms with E-state index in [-0.39, 0.29) is 17.5 Å². The van der Waals surface area contributed by atoms with Crippen LogP contribution in [-0.4, -0.2) is 59.2 Å². The zero-order valence-corrected chi connectivity index (χ0v) is 14.5. The summed E-state index contributed by atoms with van der Waals surface area (Å²) in [5.41, 5.74) is 2.36. The Morgan fingerprint density at radius 2 is 1.77 bits per heavy atom. The van der Waals surface area contributed by atoms with Crippen LogP contribution < -0.4 is 5.32 Å². The van der Waals surface area contributed by atoms with Crippen LogP contribution in [0.3, 0.4) is 0 Å².